The van der Waals surface area contributed by atoms with Gasteiger partial charge in [0.2, 0.25) is 5.91 Å². The Morgan fingerprint density at radius 3 is 2.88 bits per heavy atom. The summed E-state index contributed by atoms with van der Waals surface area (Å²) in [5.74, 6) is 0.824. The maximum atomic E-state index is 12.0. The maximum absolute atomic E-state index is 12.0. The average Bonchev–Trinajstić information content (AvgIpc) is 2.90. The molecule has 0 aliphatic heterocycles. The van der Waals surface area contributed by atoms with Crippen molar-refractivity contribution < 1.29 is 4.79 Å². The van der Waals surface area contributed by atoms with Gasteiger partial charge in [-0.1, -0.05) is 0 Å². The minimum Gasteiger partial charge on any atom is -0.328 e. The molecule has 2 fully saturated rings. The van der Waals surface area contributed by atoms with Crippen LogP contribution in [-0.4, -0.2) is 16.9 Å². The second kappa shape index (κ2) is 4.38. The van der Waals surface area contributed by atoms with Crippen LogP contribution in [-0.2, 0) is 4.79 Å². The van der Waals surface area contributed by atoms with Crippen LogP contribution in [0.25, 0.3) is 0 Å². The molecule has 0 unspecified atom stereocenters. The first-order valence-corrected chi connectivity index (χ1v) is 7.12. The Hall–Kier alpha value is -0.940. The van der Waals surface area contributed by atoms with E-state index in [1.807, 2.05) is 0 Å². The van der Waals surface area contributed by atoms with Crippen molar-refractivity contribution in [2.24, 2.45) is 11.7 Å². The molecule has 17 heavy (non-hydrogen) atoms. The average molecular weight is 251 g/mol. The number of amides is 1. The molecular weight excluding hydrogens is 234 g/mol. The second-order valence-electron chi connectivity index (χ2n) is 5.11. The predicted molar refractivity (Wildman–Crippen MR) is 68.0 cm³/mol. The van der Waals surface area contributed by atoms with Gasteiger partial charge < -0.3 is 11.1 Å². The number of nitrogens with one attached hydrogen (secondary N) is 1. The lowest BCUT2D eigenvalue weighted by atomic mass is 10.1. The number of anilines is 1. The Labute approximate surface area is 105 Å². The monoisotopic (exact) mass is 251 g/mol. The van der Waals surface area contributed by atoms with Crippen LogP contribution in [0.3, 0.4) is 0 Å². The molecule has 1 amide bonds. The van der Waals surface area contributed by atoms with Crippen molar-refractivity contribution in [3.05, 3.63) is 11.1 Å². The van der Waals surface area contributed by atoms with E-state index >= 15 is 0 Å². The second-order valence-corrected chi connectivity index (χ2v) is 5.97. The van der Waals surface area contributed by atoms with Gasteiger partial charge in [-0.15, -0.1) is 11.3 Å². The molecule has 0 saturated heterocycles. The molecule has 0 aromatic carbocycles. The van der Waals surface area contributed by atoms with E-state index in [4.69, 9.17) is 5.73 Å². The molecule has 0 bridgehead atoms. The zero-order valence-electron chi connectivity index (χ0n) is 9.69. The van der Waals surface area contributed by atoms with Gasteiger partial charge in [-0.3, -0.25) is 4.79 Å². The van der Waals surface area contributed by atoms with Crippen LogP contribution in [0.2, 0.25) is 0 Å². The van der Waals surface area contributed by atoms with Gasteiger partial charge >= 0.3 is 0 Å². The number of rotatable bonds is 3. The molecule has 92 valence electrons. The first-order chi connectivity index (χ1) is 8.22. The highest BCUT2D eigenvalue weighted by molar-refractivity contribution is 7.13. The van der Waals surface area contributed by atoms with Crippen LogP contribution in [0.1, 0.15) is 43.7 Å². The van der Waals surface area contributed by atoms with Crippen LogP contribution in [0, 0.1) is 5.92 Å². The Kier molecular flexibility index (Phi) is 2.88. The van der Waals surface area contributed by atoms with Crippen molar-refractivity contribution in [1.82, 2.24) is 4.98 Å². The van der Waals surface area contributed by atoms with Gasteiger partial charge in [0.25, 0.3) is 0 Å². The number of carbonyl (C=O) groups is 1. The fraction of sp³-hybridized carbons (Fsp3) is 0.667. The molecule has 1 aromatic heterocycles. The highest BCUT2D eigenvalue weighted by Crippen LogP contribution is 2.41. The zero-order valence-corrected chi connectivity index (χ0v) is 10.5. The van der Waals surface area contributed by atoms with E-state index in [0.29, 0.717) is 5.92 Å². The number of nitrogens with zero attached hydrogens (tertiary/aromatic N) is 1. The molecule has 5 heteroatoms. The summed E-state index contributed by atoms with van der Waals surface area (Å²) in [6.07, 6.45) is 5.17. The van der Waals surface area contributed by atoms with Gasteiger partial charge in [0.15, 0.2) is 5.13 Å². The standard InChI is InChI=1S/C12H17N3OS/c13-9-4-3-8(5-9)11(16)15-12-14-10(6-17-12)7-1-2-7/h6-9H,1-5,13H2,(H,14,15,16)/t8-,9-/m1/s1. The molecule has 2 atom stereocenters. The largest absolute Gasteiger partial charge is 0.328 e. The molecule has 2 saturated carbocycles. The van der Waals surface area contributed by atoms with Crippen molar-refractivity contribution in [2.75, 3.05) is 5.32 Å². The van der Waals surface area contributed by atoms with Gasteiger partial charge in [-0.2, -0.15) is 0 Å². The van der Waals surface area contributed by atoms with Crippen molar-refractivity contribution in [3.63, 3.8) is 0 Å². The van der Waals surface area contributed by atoms with E-state index in [9.17, 15) is 4.79 Å². The minimum absolute atomic E-state index is 0.0817. The third-order valence-corrected chi connectivity index (χ3v) is 4.37. The molecular formula is C12H17N3OS. The van der Waals surface area contributed by atoms with Crippen molar-refractivity contribution in [2.45, 2.75) is 44.1 Å². The summed E-state index contributed by atoms with van der Waals surface area (Å²) in [6.45, 7) is 0. The van der Waals surface area contributed by atoms with Crippen LogP contribution in [0.15, 0.2) is 5.38 Å². The number of thiazole rings is 1. The highest BCUT2D eigenvalue weighted by Gasteiger charge is 2.29. The normalized spacial score (nSPS) is 28.3. The highest BCUT2D eigenvalue weighted by atomic mass is 32.1. The Bertz CT molecular complexity index is 427. The van der Waals surface area contributed by atoms with Gasteiger partial charge in [0.05, 0.1) is 5.69 Å². The van der Waals surface area contributed by atoms with Gasteiger partial charge in [0, 0.05) is 23.3 Å². The first kappa shape index (κ1) is 11.2. The molecule has 0 spiro atoms. The van der Waals surface area contributed by atoms with Gasteiger partial charge in [-0.05, 0) is 32.1 Å². The fourth-order valence-corrected chi connectivity index (χ4v) is 3.17. The summed E-state index contributed by atoms with van der Waals surface area (Å²) in [5, 5.41) is 5.73. The summed E-state index contributed by atoms with van der Waals surface area (Å²) < 4.78 is 0. The van der Waals surface area contributed by atoms with Crippen molar-refractivity contribution in [3.8, 4) is 0 Å². The number of nitrogens with two attached hydrogens (primary N) is 1. The van der Waals surface area contributed by atoms with E-state index in [1.54, 1.807) is 0 Å². The summed E-state index contributed by atoms with van der Waals surface area (Å²) >= 11 is 1.53. The van der Waals surface area contributed by atoms with E-state index in [-0.39, 0.29) is 17.9 Å². The first-order valence-electron chi connectivity index (χ1n) is 6.24. The third-order valence-electron chi connectivity index (χ3n) is 3.59. The van der Waals surface area contributed by atoms with Crippen LogP contribution in [0.5, 0.6) is 0 Å². The van der Waals surface area contributed by atoms with E-state index in [1.165, 1.54) is 24.2 Å². The van der Waals surface area contributed by atoms with E-state index in [0.717, 1.165) is 30.1 Å². The molecule has 2 aliphatic rings. The van der Waals surface area contributed by atoms with Crippen LogP contribution in [0.4, 0.5) is 5.13 Å². The molecule has 2 aliphatic carbocycles. The third kappa shape index (κ3) is 2.50. The Balaban J connectivity index is 1.59. The molecule has 1 heterocycles. The summed E-state index contributed by atoms with van der Waals surface area (Å²) in [6, 6.07) is 0.198. The van der Waals surface area contributed by atoms with Gasteiger partial charge in [-0.25, -0.2) is 4.98 Å². The fourth-order valence-electron chi connectivity index (χ4n) is 2.37. The topological polar surface area (TPSA) is 68.0 Å². The lowest BCUT2D eigenvalue weighted by molar-refractivity contribution is -0.119. The lowest BCUT2D eigenvalue weighted by Crippen LogP contribution is -2.23. The molecule has 0 radical (unpaired) electrons. The summed E-state index contributed by atoms with van der Waals surface area (Å²) in [4.78, 5) is 16.4. The minimum atomic E-state index is 0.0817. The number of hydrogen-bond acceptors (Lipinski definition) is 4. The van der Waals surface area contributed by atoms with Gasteiger partial charge in [0.1, 0.15) is 0 Å². The number of carbonyl (C=O) groups excluding carboxylic acids is 1. The smallest absolute Gasteiger partial charge is 0.229 e. The molecule has 3 rings (SSSR count). The van der Waals surface area contributed by atoms with E-state index in [2.05, 4.69) is 15.7 Å². The van der Waals surface area contributed by atoms with Crippen LogP contribution < -0.4 is 11.1 Å². The molecule has 1 aromatic rings. The Morgan fingerprint density at radius 2 is 2.24 bits per heavy atom. The number of aromatic nitrogens is 1. The summed E-state index contributed by atoms with van der Waals surface area (Å²) in [7, 11) is 0. The van der Waals surface area contributed by atoms with Crippen molar-refractivity contribution in [1.29, 1.82) is 0 Å². The molecule has 3 N–H and O–H groups in total. The van der Waals surface area contributed by atoms with E-state index < -0.39 is 0 Å². The predicted octanol–water partition coefficient (Wildman–Crippen LogP) is 2.09. The zero-order chi connectivity index (χ0) is 11.8. The maximum Gasteiger partial charge on any atom is 0.229 e. The Morgan fingerprint density at radius 1 is 1.41 bits per heavy atom. The molecule has 4 nitrogen and oxygen atoms in total. The lowest BCUT2D eigenvalue weighted by Gasteiger charge is -2.08. The SMILES string of the molecule is N[C@@H]1CC[C@@H](C(=O)Nc2nc(C3CC3)cs2)C1. The van der Waals surface area contributed by atoms with Crippen LogP contribution >= 0.6 is 11.3 Å². The van der Waals surface area contributed by atoms with Crippen molar-refractivity contribution >= 4 is 22.4 Å². The quantitative estimate of drug-likeness (QED) is 0.864. The summed E-state index contributed by atoms with van der Waals surface area (Å²) in [5.41, 5.74) is 6.96. The number of hydrogen-bond donors (Lipinski definition) is 2.